The molecule has 13 heavy (non-hydrogen) atoms. The van der Waals surface area contributed by atoms with Crippen molar-refractivity contribution < 1.29 is 14.7 Å². The quantitative estimate of drug-likeness (QED) is 0.343. The molecule has 6 heteroatoms. The molecule has 1 N–H and O–H groups in total. The SMILES string of the molecule is CCOC(=O)c1cnc(/C=N/O)s1. The third-order valence-corrected chi connectivity index (χ3v) is 2.08. The van der Waals surface area contributed by atoms with Crippen molar-refractivity contribution in [1.29, 1.82) is 0 Å². The van der Waals surface area contributed by atoms with Crippen LogP contribution in [0.1, 0.15) is 21.6 Å². The Hall–Kier alpha value is -1.43. The summed E-state index contributed by atoms with van der Waals surface area (Å²) >= 11 is 1.11. The van der Waals surface area contributed by atoms with Crippen molar-refractivity contribution >= 4 is 23.5 Å². The second-order valence-electron chi connectivity index (χ2n) is 2.03. The minimum absolute atomic E-state index is 0.333. The smallest absolute Gasteiger partial charge is 0.349 e. The molecule has 0 saturated carbocycles. The van der Waals surface area contributed by atoms with Gasteiger partial charge in [-0.05, 0) is 6.92 Å². The summed E-state index contributed by atoms with van der Waals surface area (Å²) < 4.78 is 4.74. The van der Waals surface area contributed by atoms with Crippen molar-refractivity contribution in [2.75, 3.05) is 6.61 Å². The Kier molecular flexibility index (Phi) is 3.39. The number of carbonyl (C=O) groups excluding carboxylic acids is 1. The Morgan fingerprint density at radius 2 is 2.69 bits per heavy atom. The lowest BCUT2D eigenvalue weighted by atomic mass is 10.6. The molecule has 0 radical (unpaired) electrons. The molecule has 0 aromatic carbocycles. The van der Waals surface area contributed by atoms with E-state index in [4.69, 9.17) is 9.94 Å². The molecule has 0 bridgehead atoms. The van der Waals surface area contributed by atoms with Gasteiger partial charge >= 0.3 is 5.97 Å². The van der Waals surface area contributed by atoms with E-state index in [1.807, 2.05) is 0 Å². The molecule has 0 amide bonds. The van der Waals surface area contributed by atoms with E-state index in [9.17, 15) is 4.79 Å². The number of hydrogen-bond acceptors (Lipinski definition) is 6. The lowest BCUT2D eigenvalue weighted by Gasteiger charge is -1.95. The van der Waals surface area contributed by atoms with E-state index in [0.717, 1.165) is 17.6 Å². The van der Waals surface area contributed by atoms with Crippen LogP contribution >= 0.6 is 11.3 Å². The molecule has 0 atom stereocenters. The van der Waals surface area contributed by atoms with Crippen molar-refractivity contribution in [3.63, 3.8) is 0 Å². The van der Waals surface area contributed by atoms with E-state index < -0.39 is 5.97 Å². The summed E-state index contributed by atoms with van der Waals surface area (Å²) in [7, 11) is 0. The normalized spacial score (nSPS) is 10.5. The third-order valence-electron chi connectivity index (χ3n) is 1.17. The van der Waals surface area contributed by atoms with Crippen LogP contribution in [0.5, 0.6) is 0 Å². The highest BCUT2D eigenvalue weighted by Crippen LogP contribution is 2.12. The van der Waals surface area contributed by atoms with Crippen LogP contribution in [0.25, 0.3) is 0 Å². The van der Waals surface area contributed by atoms with Crippen molar-refractivity contribution in [2.24, 2.45) is 5.16 Å². The summed E-state index contributed by atoms with van der Waals surface area (Å²) in [4.78, 5) is 15.3. The van der Waals surface area contributed by atoms with Gasteiger partial charge in [0.25, 0.3) is 0 Å². The van der Waals surface area contributed by atoms with Crippen LogP contribution in [0.3, 0.4) is 0 Å². The van der Waals surface area contributed by atoms with Crippen LogP contribution in [-0.2, 0) is 4.74 Å². The first kappa shape index (κ1) is 9.66. The molecule has 0 spiro atoms. The standard InChI is InChI=1S/C7H8N2O3S/c1-2-12-7(10)5-3-8-6(13-5)4-9-11/h3-4,11H,2H2,1H3/b9-4+. The van der Waals surface area contributed by atoms with Crippen molar-refractivity contribution in [3.05, 3.63) is 16.1 Å². The second-order valence-corrected chi connectivity index (χ2v) is 3.09. The molecule has 70 valence electrons. The lowest BCUT2D eigenvalue weighted by Crippen LogP contribution is -2.01. The molecule has 0 unspecified atom stereocenters. The molecule has 0 aliphatic carbocycles. The maximum Gasteiger partial charge on any atom is 0.349 e. The van der Waals surface area contributed by atoms with Gasteiger partial charge in [0.1, 0.15) is 16.1 Å². The number of aromatic nitrogens is 1. The van der Waals surface area contributed by atoms with Gasteiger partial charge in [0.15, 0.2) is 0 Å². The maximum atomic E-state index is 11.1. The molecule has 1 aromatic rings. The predicted octanol–water partition coefficient (Wildman–Crippen LogP) is 1.13. The Morgan fingerprint density at radius 3 is 3.31 bits per heavy atom. The Balaban J connectivity index is 2.73. The predicted molar refractivity (Wildman–Crippen MR) is 47.5 cm³/mol. The fraction of sp³-hybridized carbons (Fsp3) is 0.286. The van der Waals surface area contributed by atoms with Crippen LogP contribution in [-0.4, -0.2) is 29.0 Å². The van der Waals surface area contributed by atoms with E-state index >= 15 is 0 Å². The minimum atomic E-state index is -0.405. The van der Waals surface area contributed by atoms with Gasteiger partial charge in [-0.15, -0.1) is 11.3 Å². The summed E-state index contributed by atoms with van der Waals surface area (Å²) in [5, 5.41) is 11.4. The molecule has 0 aliphatic heterocycles. The summed E-state index contributed by atoms with van der Waals surface area (Å²) in [5.41, 5.74) is 0. The van der Waals surface area contributed by atoms with Gasteiger partial charge in [-0.25, -0.2) is 9.78 Å². The first-order valence-corrected chi connectivity index (χ1v) is 4.40. The van der Waals surface area contributed by atoms with Crippen molar-refractivity contribution in [3.8, 4) is 0 Å². The fourth-order valence-electron chi connectivity index (χ4n) is 0.693. The zero-order valence-corrected chi connectivity index (χ0v) is 7.74. The number of rotatable bonds is 3. The highest BCUT2D eigenvalue weighted by molar-refractivity contribution is 7.15. The monoisotopic (exact) mass is 200 g/mol. The average molecular weight is 200 g/mol. The number of esters is 1. The summed E-state index contributed by atoms with van der Waals surface area (Å²) in [5.74, 6) is -0.405. The molecule has 1 heterocycles. The zero-order chi connectivity index (χ0) is 9.68. The molecule has 0 saturated heterocycles. The number of oxime groups is 1. The second kappa shape index (κ2) is 4.56. The average Bonchev–Trinajstić information content (AvgIpc) is 2.54. The van der Waals surface area contributed by atoms with Crippen LogP contribution in [0.15, 0.2) is 11.4 Å². The zero-order valence-electron chi connectivity index (χ0n) is 6.93. The Labute approximate surface area is 78.7 Å². The van der Waals surface area contributed by atoms with E-state index in [0.29, 0.717) is 16.5 Å². The lowest BCUT2D eigenvalue weighted by molar-refractivity contribution is 0.0532. The summed E-state index contributed by atoms with van der Waals surface area (Å²) in [6.45, 7) is 2.06. The number of ether oxygens (including phenoxy) is 1. The van der Waals surface area contributed by atoms with E-state index in [1.54, 1.807) is 6.92 Å². The Bertz CT molecular complexity index is 321. The highest BCUT2D eigenvalue weighted by atomic mass is 32.1. The molecule has 5 nitrogen and oxygen atoms in total. The molecular formula is C7H8N2O3S. The Morgan fingerprint density at radius 1 is 1.92 bits per heavy atom. The summed E-state index contributed by atoms with van der Waals surface area (Å²) in [6.07, 6.45) is 2.55. The first-order chi connectivity index (χ1) is 6.27. The van der Waals surface area contributed by atoms with Crippen molar-refractivity contribution in [2.45, 2.75) is 6.92 Å². The van der Waals surface area contributed by atoms with Crippen LogP contribution < -0.4 is 0 Å². The van der Waals surface area contributed by atoms with E-state index in [2.05, 4.69) is 10.1 Å². The number of nitrogens with zero attached hydrogens (tertiary/aromatic N) is 2. The largest absolute Gasteiger partial charge is 0.462 e. The van der Waals surface area contributed by atoms with Gasteiger partial charge in [-0.1, -0.05) is 5.16 Å². The van der Waals surface area contributed by atoms with Gasteiger partial charge in [0, 0.05) is 0 Å². The summed E-state index contributed by atoms with van der Waals surface area (Å²) in [6, 6.07) is 0. The number of hydrogen-bond donors (Lipinski definition) is 1. The molecule has 1 rings (SSSR count). The van der Waals surface area contributed by atoms with Crippen LogP contribution in [0, 0.1) is 0 Å². The minimum Gasteiger partial charge on any atom is -0.462 e. The van der Waals surface area contributed by atoms with Gasteiger partial charge in [-0.2, -0.15) is 0 Å². The van der Waals surface area contributed by atoms with Gasteiger partial charge in [-0.3, -0.25) is 0 Å². The fourth-order valence-corrected chi connectivity index (χ4v) is 1.37. The van der Waals surface area contributed by atoms with Crippen LogP contribution in [0.2, 0.25) is 0 Å². The number of carbonyl (C=O) groups is 1. The van der Waals surface area contributed by atoms with Crippen molar-refractivity contribution in [1.82, 2.24) is 4.98 Å². The van der Waals surface area contributed by atoms with Crippen LogP contribution in [0.4, 0.5) is 0 Å². The van der Waals surface area contributed by atoms with Gasteiger partial charge in [0.2, 0.25) is 0 Å². The topological polar surface area (TPSA) is 71.8 Å². The van der Waals surface area contributed by atoms with Gasteiger partial charge < -0.3 is 9.94 Å². The first-order valence-electron chi connectivity index (χ1n) is 3.58. The molecule has 1 aromatic heterocycles. The number of thiazole rings is 1. The van der Waals surface area contributed by atoms with Gasteiger partial charge in [0.05, 0.1) is 12.8 Å². The molecule has 0 fully saturated rings. The van der Waals surface area contributed by atoms with E-state index in [-0.39, 0.29) is 0 Å². The maximum absolute atomic E-state index is 11.1. The highest BCUT2D eigenvalue weighted by Gasteiger charge is 2.09. The molecular weight excluding hydrogens is 192 g/mol. The molecule has 0 aliphatic rings. The van der Waals surface area contributed by atoms with E-state index in [1.165, 1.54) is 6.20 Å². The third kappa shape index (κ3) is 2.51.